The van der Waals surface area contributed by atoms with Gasteiger partial charge in [-0.05, 0) is 44.8 Å². The van der Waals surface area contributed by atoms with Crippen LogP contribution in [-0.4, -0.2) is 47.7 Å². The highest BCUT2D eigenvalue weighted by atomic mass is 16.5. The average molecular weight is 355 g/mol. The van der Waals surface area contributed by atoms with Gasteiger partial charge in [-0.25, -0.2) is 14.3 Å². The molecule has 3 aromatic heterocycles. The molecule has 0 N–H and O–H groups in total. The molecule has 1 aliphatic rings. The maximum absolute atomic E-state index is 12.1. The highest BCUT2D eigenvalue weighted by Crippen LogP contribution is 2.20. The highest BCUT2D eigenvalue weighted by Gasteiger charge is 2.21. The van der Waals surface area contributed by atoms with Gasteiger partial charge in [0.25, 0.3) is 5.56 Å². The molecular weight excluding hydrogens is 334 g/mol. The molecule has 0 amide bonds. The lowest BCUT2D eigenvalue weighted by molar-refractivity contribution is 0.150. The van der Waals surface area contributed by atoms with E-state index in [0.29, 0.717) is 18.3 Å². The standard InChI is InChI=1S/C17H21N7O2/c1-13-8-15(26-21-13)10-22-6-4-14(5-7-22)9-23-17(25)3-2-16(20-23)24-12-18-11-19-24/h2-3,8,11-12,14H,4-7,9-10H2,1H3. The predicted molar refractivity (Wildman–Crippen MR) is 92.7 cm³/mol. The van der Waals surface area contributed by atoms with Crippen molar-refractivity contribution in [1.82, 2.24) is 34.6 Å². The number of hydrogen-bond acceptors (Lipinski definition) is 7. The van der Waals surface area contributed by atoms with Crippen molar-refractivity contribution in [3.05, 3.63) is 52.7 Å². The molecule has 0 aromatic carbocycles. The Balaban J connectivity index is 1.37. The van der Waals surface area contributed by atoms with Crippen molar-refractivity contribution in [1.29, 1.82) is 0 Å². The molecule has 4 heterocycles. The Morgan fingerprint density at radius 1 is 1.27 bits per heavy atom. The van der Waals surface area contributed by atoms with Crippen LogP contribution in [0.25, 0.3) is 5.82 Å². The van der Waals surface area contributed by atoms with Gasteiger partial charge in [0.15, 0.2) is 11.6 Å². The zero-order chi connectivity index (χ0) is 17.9. The van der Waals surface area contributed by atoms with E-state index in [1.807, 2.05) is 13.0 Å². The number of likely N-dealkylation sites (tertiary alicyclic amines) is 1. The monoisotopic (exact) mass is 355 g/mol. The van der Waals surface area contributed by atoms with Crippen molar-refractivity contribution in [3.8, 4) is 5.82 Å². The number of aryl methyl sites for hydroxylation is 1. The maximum atomic E-state index is 12.1. The van der Waals surface area contributed by atoms with Gasteiger partial charge in [0, 0.05) is 18.7 Å². The largest absolute Gasteiger partial charge is 0.360 e. The van der Waals surface area contributed by atoms with Gasteiger partial charge in [0.1, 0.15) is 12.7 Å². The van der Waals surface area contributed by atoms with E-state index in [0.717, 1.165) is 43.9 Å². The molecule has 0 unspecified atom stereocenters. The van der Waals surface area contributed by atoms with Crippen molar-refractivity contribution in [2.45, 2.75) is 32.9 Å². The molecule has 0 radical (unpaired) electrons. The Bertz CT molecular complexity index is 907. The topological polar surface area (TPSA) is 94.9 Å². The molecule has 1 fully saturated rings. The summed E-state index contributed by atoms with van der Waals surface area (Å²) in [6.45, 7) is 5.28. The van der Waals surface area contributed by atoms with E-state index < -0.39 is 0 Å². The third-order valence-corrected chi connectivity index (χ3v) is 4.70. The van der Waals surface area contributed by atoms with Crippen LogP contribution >= 0.6 is 0 Å². The minimum atomic E-state index is -0.0894. The smallest absolute Gasteiger partial charge is 0.266 e. The van der Waals surface area contributed by atoms with E-state index in [2.05, 4.69) is 25.2 Å². The maximum Gasteiger partial charge on any atom is 0.266 e. The minimum Gasteiger partial charge on any atom is -0.360 e. The lowest BCUT2D eigenvalue weighted by atomic mass is 9.97. The Kier molecular flexibility index (Phi) is 4.61. The van der Waals surface area contributed by atoms with Crippen molar-refractivity contribution >= 4 is 0 Å². The summed E-state index contributed by atoms with van der Waals surface area (Å²) in [5.41, 5.74) is 0.820. The summed E-state index contributed by atoms with van der Waals surface area (Å²) in [5, 5.41) is 12.4. The molecule has 0 spiro atoms. The predicted octanol–water partition coefficient (Wildman–Crippen LogP) is 1.03. The molecule has 0 bridgehead atoms. The van der Waals surface area contributed by atoms with Crippen LogP contribution < -0.4 is 5.56 Å². The normalized spacial score (nSPS) is 16.2. The van der Waals surface area contributed by atoms with Crippen molar-refractivity contribution < 1.29 is 4.52 Å². The Hall–Kier alpha value is -2.81. The number of piperidine rings is 1. The van der Waals surface area contributed by atoms with E-state index in [9.17, 15) is 4.79 Å². The molecule has 1 saturated heterocycles. The lowest BCUT2D eigenvalue weighted by Gasteiger charge is -2.31. The highest BCUT2D eigenvalue weighted by molar-refractivity contribution is 5.16. The van der Waals surface area contributed by atoms with Crippen LogP contribution in [0.4, 0.5) is 0 Å². The third-order valence-electron chi connectivity index (χ3n) is 4.70. The van der Waals surface area contributed by atoms with Gasteiger partial charge in [0.05, 0.1) is 12.2 Å². The van der Waals surface area contributed by atoms with Gasteiger partial charge in [-0.1, -0.05) is 5.16 Å². The summed E-state index contributed by atoms with van der Waals surface area (Å²) >= 11 is 0. The van der Waals surface area contributed by atoms with Crippen LogP contribution in [0.3, 0.4) is 0 Å². The summed E-state index contributed by atoms with van der Waals surface area (Å²) < 4.78 is 8.39. The lowest BCUT2D eigenvalue weighted by Crippen LogP contribution is -2.36. The van der Waals surface area contributed by atoms with E-state index in [4.69, 9.17) is 4.52 Å². The van der Waals surface area contributed by atoms with Gasteiger partial charge >= 0.3 is 0 Å². The van der Waals surface area contributed by atoms with Crippen LogP contribution in [0.2, 0.25) is 0 Å². The zero-order valence-electron chi connectivity index (χ0n) is 14.7. The van der Waals surface area contributed by atoms with Gasteiger partial charge in [-0.15, -0.1) is 5.10 Å². The molecule has 0 aliphatic carbocycles. The molecule has 136 valence electrons. The third kappa shape index (κ3) is 3.72. The van der Waals surface area contributed by atoms with Gasteiger partial charge in [0.2, 0.25) is 0 Å². The molecule has 0 saturated carbocycles. The quantitative estimate of drug-likeness (QED) is 0.674. The van der Waals surface area contributed by atoms with Gasteiger partial charge < -0.3 is 4.52 Å². The fraction of sp³-hybridized carbons (Fsp3) is 0.471. The van der Waals surface area contributed by atoms with Crippen LogP contribution in [0, 0.1) is 12.8 Å². The minimum absolute atomic E-state index is 0.0894. The molecule has 9 nitrogen and oxygen atoms in total. The Labute approximate surface area is 150 Å². The first-order valence-electron chi connectivity index (χ1n) is 8.75. The number of aromatic nitrogens is 6. The number of nitrogens with zero attached hydrogens (tertiary/aromatic N) is 7. The fourth-order valence-corrected chi connectivity index (χ4v) is 3.30. The van der Waals surface area contributed by atoms with Crippen LogP contribution in [0.5, 0.6) is 0 Å². The van der Waals surface area contributed by atoms with E-state index >= 15 is 0 Å². The Morgan fingerprint density at radius 3 is 2.81 bits per heavy atom. The second-order valence-corrected chi connectivity index (χ2v) is 6.71. The first kappa shape index (κ1) is 16.6. The Morgan fingerprint density at radius 2 is 2.12 bits per heavy atom. The molecule has 4 rings (SSSR count). The van der Waals surface area contributed by atoms with Crippen molar-refractivity contribution in [2.24, 2.45) is 5.92 Å². The van der Waals surface area contributed by atoms with E-state index in [1.54, 1.807) is 17.1 Å². The fourth-order valence-electron chi connectivity index (χ4n) is 3.30. The summed E-state index contributed by atoms with van der Waals surface area (Å²) in [6, 6.07) is 5.17. The molecule has 3 aromatic rings. The van der Waals surface area contributed by atoms with Crippen molar-refractivity contribution in [3.63, 3.8) is 0 Å². The SMILES string of the molecule is Cc1cc(CN2CCC(Cn3nc(-n4cncn4)ccc3=O)CC2)on1. The number of hydrogen-bond donors (Lipinski definition) is 0. The van der Waals surface area contributed by atoms with Crippen molar-refractivity contribution in [2.75, 3.05) is 13.1 Å². The molecule has 9 heteroatoms. The first-order chi connectivity index (χ1) is 12.7. The van der Waals surface area contributed by atoms with E-state index in [-0.39, 0.29) is 5.56 Å². The molecule has 1 aliphatic heterocycles. The van der Waals surface area contributed by atoms with Crippen LogP contribution in [-0.2, 0) is 13.1 Å². The van der Waals surface area contributed by atoms with Gasteiger partial charge in [-0.2, -0.15) is 5.10 Å². The van der Waals surface area contributed by atoms with E-state index in [1.165, 1.54) is 17.1 Å². The summed E-state index contributed by atoms with van der Waals surface area (Å²) in [6.07, 6.45) is 5.06. The average Bonchev–Trinajstić information content (AvgIpc) is 3.31. The van der Waals surface area contributed by atoms with Crippen LogP contribution in [0.1, 0.15) is 24.3 Å². The zero-order valence-corrected chi connectivity index (χ0v) is 14.7. The molecule has 0 atom stereocenters. The van der Waals surface area contributed by atoms with Gasteiger partial charge in [-0.3, -0.25) is 9.69 Å². The molecule has 26 heavy (non-hydrogen) atoms. The second kappa shape index (κ2) is 7.20. The number of rotatable bonds is 5. The first-order valence-corrected chi connectivity index (χ1v) is 8.75. The summed E-state index contributed by atoms with van der Waals surface area (Å²) in [5.74, 6) is 1.93. The second-order valence-electron chi connectivity index (χ2n) is 6.71. The molecular formula is C17H21N7O2. The summed E-state index contributed by atoms with van der Waals surface area (Å²) in [4.78, 5) is 18.4. The summed E-state index contributed by atoms with van der Waals surface area (Å²) in [7, 11) is 0. The van der Waals surface area contributed by atoms with Crippen LogP contribution in [0.15, 0.2) is 40.2 Å².